The Labute approximate surface area is 136 Å². The molecule has 1 aliphatic rings. The van der Waals surface area contributed by atoms with Crippen molar-refractivity contribution in [2.75, 3.05) is 40.5 Å². The van der Waals surface area contributed by atoms with E-state index in [-0.39, 0.29) is 0 Å². The molecule has 0 saturated carbocycles. The van der Waals surface area contributed by atoms with Gasteiger partial charge < -0.3 is 19.6 Å². The molecular formula is C18H24N2O3. The molecule has 2 heterocycles. The second-order valence-electron chi connectivity index (χ2n) is 5.96. The van der Waals surface area contributed by atoms with Gasteiger partial charge in [0.15, 0.2) is 0 Å². The van der Waals surface area contributed by atoms with Crippen molar-refractivity contribution in [3.05, 3.63) is 36.0 Å². The molecule has 0 amide bonds. The standard InChI is InChI=1S/C18H24N2O3/c1-22-12-14(21)11-20-7-5-13(6-8-20)17-10-19-18-4-3-15(23-2)9-16(17)18/h3-5,9-10,14,19,21H,6-8,11-12H2,1-2H3. The van der Waals surface area contributed by atoms with E-state index in [4.69, 9.17) is 9.47 Å². The largest absolute Gasteiger partial charge is 0.497 e. The van der Waals surface area contributed by atoms with Crippen LogP contribution in [0.5, 0.6) is 5.75 Å². The van der Waals surface area contributed by atoms with E-state index in [1.165, 1.54) is 16.5 Å². The molecule has 1 unspecified atom stereocenters. The summed E-state index contributed by atoms with van der Waals surface area (Å²) in [5, 5.41) is 11.0. The zero-order valence-electron chi connectivity index (χ0n) is 13.7. The van der Waals surface area contributed by atoms with Crippen LogP contribution in [0.4, 0.5) is 0 Å². The molecular weight excluding hydrogens is 292 g/mol. The Morgan fingerprint density at radius 1 is 1.35 bits per heavy atom. The smallest absolute Gasteiger partial charge is 0.119 e. The van der Waals surface area contributed by atoms with E-state index < -0.39 is 6.10 Å². The number of ether oxygens (including phenoxy) is 2. The maximum atomic E-state index is 9.84. The highest BCUT2D eigenvalue weighted by Crippen LogP contribution is 2.31. The van der Waals surface area contributed by atoms with Gasteiger partial charge in [-0.1, -0.05) is 6.08 Å². The fourth-order valence-corrected chi connectivity index (χ4v) is 3.16. The number of aliphatic hydroxyl groups excluding tert-OH is 1. The van der Waals surface area contributed by atoms with Crippen molar-refractivity contribution in [2.24, 2.45) is 0 Å². The normalized spacial score (nSPS) is 17.3. The second-order valence-corrected chi connectivity index (χ2v) is 5.96. The number of benzene rings is 1. The summed E-state index contributed by atoms with van der Waals surface area (Å²) in [6.07, 6.45) is 4.88. The van der Waals surface area contributed by atoms with E-state index in [0.717, 1.165) is 30.8 Å². The predicted molar refractivity (Wildman–Crippen MR) is 91.8 cm³/mol. The molecule has 3 rings (SSSR count). The lowest BCUT2D eigenvalue weighted by Crippen LogP contribution is -2.37. The van der Waals surface area contributed by atoms with Crippen molar-refractivity contribution >= 4 is 16.5 Å². The first-order valence-corrected chi connectivity index (χ1v) is 7.95. The topological polar surface area (TPSA) is 57.7 Å². The summed E-state index contributed by atoms with van der Waals surface area (Å²) in [5.41, 5.74) is 3.72. The lowest BCUT2D eigenvalue weighted by molar-refractivity contribution is 0.0401. The van der Waals surface area contributed by atoms with Gasteiger partial charge in [0.25, 0.3) is 0 Å². The minimum atomic E-state index is -0.424. The van der Waals surface area contributed by atoms with Crippen LogP contribution in [0, 0.1) is 0 Å². The highest BCUT2D eigenvalue weighted by atomic mass is 16.5. The molecule has 0 aliphatic carbocycles. The molecule has 124 valence electrons. The highest BCUT2D eigenvalue weighted by molar-refractivity contribution is 5.93. The number of β-amino-alcohol motifs (C(OH)–C–C–N with tert-alkyl or cyclic N) is 1. The monoisotopic (exact) mass is 316 g/mol. The molecule has 2 N–H and O–H groups in total. The Morgan fingerprint density at radius 3 is 2.91 bits per heavy atom. The van der Waals surface area contributed by atoms with Gasteiger partial charge in [-0.2, -0.15) is 0 Å². The zero-order valence-corrected chi connectivity index (χ0v) is 13.7. The lowest BCUT2D eigenvalue weighted by Gasteiger charge is -2.28. The summed E-state index contributed by atoms with van der Waals surface area (Å²) >= 11 is 0. The Kier molecular flexibility index (Phi) is 5.00. The van der Waals surface area contributed by atoms with Crippen molar-refractivity contribution in [3.63, 3.8) is 0 Å². The number of aromatic amines is 1. The SMILES string of the molecule is COCC(O)CN1CC=C(c2c[nH]c3ccc(OC)cc23)CC1. The Hall–Kier alpha value is -1.82. The van der Waals surface area contributed by atoms with Crippen molar-refractivity contribution in [1.82, 2.24) is 9.88 Å². The number of hydrogen-bond donors (Lipinski definition) is 2. The number of hydrogen-bond acceptors (Lipinski definition) is 4. The number of aromatic nitrogens is 1. The number of rotatable bonds is 6. The van der Waals surface area contributed by atoms with E-state index in [9.17, 15) is 5.11 Å². The molecule has 0 bridgehead atoms. The first-order chi connectivity index (χ1) is 11.2. The number of fused-ring (bicyclic) bond motifs is 1. The van der Waals surface area contributed by atoms with Gasteiger partial charge in [-0.15, -0.1) is 0 Å². The quantitative estimate of drug-likeness (QED) is 0.858. The molecule has 1 aromatic carbocycles. The minimum absolute atomic E-state index is 0.384. The van der Waals surface area contributed by atoms with Gasteiger partial charge in [0.2, 0.25) is 0 Å². The van der Waals surface area contributed by atoms with Gasteiger partial charge in [0.05, 0.1) is 19.8 Å². The summed E-state index contributed by atoms with van der Waals surface area (Å²) in [6.45, 7) is 2.84. The molecule has 23 heavy (non-hydrogen) atoms. The molecule has 0 spiro atoms. The molecule has 5 nitrogen and oxygen atoms in total. The van der Waals surface area contributed by atoms with Crippen LogP contribution in [0.25, 0.3) is 16.5 Å². The van der Waals surface area contributed by atoms with Gasteiger partial charge in [-0.05, 0) is 30.2 Å². The molecule has 0 radical (unpaired) electrons. The van der Waals surface area contributed by atoms with Crippen molar-refractivity contribution in [3.8, 4) is 5.75 Å². The lowest BCUT2D eigenvalue weighted by atomic mass is 9.98. The number of H-pyrrole nitrogens is 1. The average Bonchev–Trinajstić information content (AvgIpc) is 2.98. The highest BCUT2D eigenvalue weighted by Gasteiger charge is 2.18. The van der Waals surface area contributed by atoms with E-state index in [1.807, 2.05) is 6.07 Å². The number of nitrogens with one attached hydrogen (secondary N) is 1. The third kappa shape index (κ3) is 3.58. The van der Waals surface area contributed by atoms with Crippen LogP contribution in [-0.2, 0) is 4.74 Å². The molecule has 1 atom stereocenters. The van der Waals surface area contributed by atoms with E-state index in [2.05, 4.69) is 34.3 Å². The van der Waals surface area contributed by atoms with Crippen LogP contribution in [0.2, 0.25) is 0 Å². The van der Waals surface area contributed by atoms with Gasteiger partial charge in [-0.25, -0.2) is 0 Å². The maximum absolute atomic E-state index is 9.84. The fraction of sp³-hybridized carbons (Fsp3) is 0.444. The third-order valence-electron chi connectivity index (χ3n) is 4.36. The van der Waals surface area contributed by atoms with Crippen LogP contribution in [0.15, 0.2) is 30.5 Å². The number of methoxy groups -OCH3 is 2. The summed E-state index contributed by atoms with van der Waals surface area (Å²) in [6, 6.07) is 6.10. The van der Waals surface area contributed by atoms with Crippen LogP contribution in [0.3, 0.4) is 0 Å². The predicted octanol–water partition coefficient (Wildman–Crippen LogP) is 2.27. The molecule has 5 heteroatoms. The second kappa shape index (κ2) is 7.17. The van der Waals surface area contributed by atoms with E-state index in [0.29, 0.717) is 13.2 Å². The summed E-state index contributed by atoms with van der Waals surface area (Å²) in [4.78, 5) is 5.58. The molecule has 0 fully saturated rings. The van der Waals surface area contributed by atoms with E-state index in [1.54, 1.807) is 14.2 Å². The Morgan fingerprint density at radius 2 is 2.22 bits per heavy atom. The summed E-state index contributed by atoms with van der Waals surface area (Å²) < 4.78 is 10.3. The van der Waals surface area contributed by atoms with Crippen LogP contribution < -0.4 is 4.74 Å². The number of aliphatic hydroxyl groups is 1. The van der Waals surface area contributed by atoms with Crippen molar-refractivity contribution in [2.45, 2.75) is 12.5 Å². The van der Waals surface area contributed by atoms with Gasteiger partial charge >= 0.3 is 0 Å². The molecule has 1 aliphatic heterocycles. The molecule has 1 aromatic heterocycles. The summed E-state index contributed by atoms with van der Waals surface area (Å²) in [5.74, 6) is 0.874. The Bertz CT molecular complexity index is 693. The fourth-order valence-electron chi connectivity index (χ4n) is 3.16. The minimum Gasteiger partial charge on any atom is -0.497 e. The van der Waals surface area contributed by atoms with Crippen LogP contribution >= 0.6 is 0 Å². The maximum Gasteiger partial charge on any atom is 0.119 e. The number of nitrogens with zero attached hydrogens (tertiary/aromatic N) is 1. The summed E-state index contributed by atoms with van der Waals surface area (Å²) in [7, 11) is 3.30. The Balaban J connectivity index is 1.74. The zero-order chi connectivity index (χ0) is 16.2. The first kappa shape index (κ1) is 16.1. The third-order valence-corrected chi connectivity index (χ3v) is 4.36. The molecule has 0 saturated heterocycles. The average molecular weight is 316 g/mol. The molecule has 2 aromatic rings. The van der Waals surface area contributed by atoms with Gasteiger partial charge in [0, 0.05) is 49.4 Å². The first-order valence-electron chi connectivity index (χ1n) is 7.95. The van der Waals surface area contributed by atoms with Crippen LogP contribution in [0.1, 0.15) is 12.0 Å². The van der Waals surface area contributed by atoms with E-state index >= 15 is 0 Å². The van der Waals surface area contributed by atoms with Gasteiger partial charge in [-0.3, -0.25) is 4.90 Å². The van der Waals surface area contributed by atoms with Crippen molar-refractivity contribution in [1.29, 1.82) is 0 Å². The van der Waals surface area contributed by atoms with Crippen LogP contribution in [-0.4, -0.2) is 61.6 Å². The van der Waals surface area contributed by atoms with Gasteiger partial charge in [0.1, 0.15) is 5.75 Å². The van der Waals surface area contributed by atoms with Crippen molar-refractivity contribution < 1.29 is 14.6 Å².